The molecule has 0 radical (unpaired) electrons. The van der Waals surface area contributed by atoms with Crippen LogP contribution in [0.25, 0.3) is 0 Å². The minimum absolute atomic E-state index is 0.0229. The number of rotatable bonds is 5. The van der Waals surface area contributed by atoms with Crippen molar-refractivity contribution >= 4 is 27.6 Å². The van der Waals surface area contributed by atoms with Gasteiger partial charge in [0.2, 0.25) is 15.9 Å². The Labute approximate surface area is 195 Å². The van der Waals surface area contributed by atoms with Gasteiger partial charge in [-0.3, -0.25) is 4.79 Å². The zero-order valence-electron chi connectivity index (χ0n) is 19.6. The number of nitrogens with zero attached hydrogens (tertiary/aromatic N) is 2. The van der Waals surface area contributed by atoms with E-state index in [9.17, 15) is 18.0 Å². The van der Waals surface area contributed by atoms with Gasteiger partial charge in [0.25, 0.3) is 0 Å². The third kappa shape index (κ3) is 4.08. The molecule has 1 aromatic heterocycles. The predicted molar refractivity (Wildman–Crippen MR) is 125 cm³/mol. The molecule has 0 aliphatic carbocycles. The number of esters is 1. The van der Waals surface area contributed by atoms with Gasteiger partial charge >= 0.3 is 5.97 Å². The van der Waals surface area contributed by atoms with E-state index in [2.05, 4.69) is 11.1 Å². The van der Waals surface area contributed by atoms with E-state index in [0.29, 0.717) is 24.2 Å². The van der Waals surface area contributed by atoms with Crippen molar-refractivity contribution in [3.63, 3.8) is 0 Å². The number of hydrogen-bond acceptors (Lipinski definition) is 5. The normalized spacial score (nSPS) is 19.5. The van der Waals surface area contributed by atoms with Crippen LogP contribution in [-0.4, -0.2) is 55.3 Å². The maximum Gasteiger partial charge on any atom is 0.341 e. The number of sulfonamides is 1. The number of fused-ring (bicyclic) bond motifs is 1. The molecule has 1 aromatic carbocycles. The second-order valence-electron chi connectivity index (χ2n) is 8.87. The van der Waals surface area contributed by atoms with E-state index in [4.69, 9.17) is 4.74 Å². The summed E-state index contributed by atoms with van der Waals surface area (Å²) in [7, 11) is -3.92. The number of ether oxygens (including phenoxy) is 1. The molecule has 1 N–H and O–H groups in total. The molecule has 0 unspecified atom stereocenters. The average molecular weight is 474 g/mol. The van der Waals surface area contributed by atoms with Crippen molar-refractivity contribution in [1.29, 1.82) is 0 Å². The molecule has 0 bridgehead atoms. The van der Waals surface area contributed by atoms with Crippen molar-refractivity contribution in [2.75, 3.05) is 24.6 Å². The molecule has 1 amide bonds. The van der Waals surface area contributed by atoms with Gasteiger partial charge in [0, 0.05) is 42.1 Å². The number of hydrogen-bond donors (Lipinski definition) is 1. The van der Waals surface area contributed by atoms with E-state index < -0.39 is 16.0 Å². The Morgan fingerprint density at radius 2 is 1.79 bits per heavy atom. The number of para-hydroxylation sites is 1. The molecule has 1 fully saturated rings. The van der Waals surface area contributed by atoms with Gasteiger partial charge in [-0.2, -0.15) is 4.31 Å². The Bertz CT molecular complexity index is 1180. The maximum absolute atomic E-state index is 13.5. The van der Waals surface area contributed by atoms with Gasteiger partial charge in [-0.15, -0.1) is 0 Å². The first-order chi connectivity index (χ1) is 15.7. The molecule has 1 saturated heterocycles. The molecular formula is C24H31N3O5S. The number of aryl methyl sites for hydroxylation is 2. The molecule has 2 aliphatic rings. The van der Waals surface area contributed by atoms with Crippen LogP contribution in [-0.2, 0) is 26.0 Å². The number of carbonyl (C=O) groups excluding carboxylic acids is 2. The number of benzene rings is 1. The van der Waals surface area contributed by atoms with Crippen LogP contribution in [0.2, 0.25) is 0 Å². The second-order valence-corrected chi connectivity index (χ2v) is 10.7. The highest BCUT2D eigenvalue weighted by Crippen LogP contribution is 2.36. The van der Waals surface area contributed by atoms with Crippen molar-refractivity contribution in [2.24, 2.45) is 5.92 Å². The summed E-state index contributed by atoms with van der Waals surface area (Å²) in [6.45, 7) is 7.66. The number of nitrogens with one attached hydrogen (secondary N) is 1. The van der Waals surface area contributed by atoms with Crippen molar-refractivity contribution in [3.8, 4) is 0 Å². The number of anilines is 1. The lowest BCUT2D eigenvalue weighted by Gasteiger charge is -2.34. The standard InChI is InChI=1S/C24H31N3O5S/c1-5-32-24(29)21-16(3)25-17(4)22(21)33(30,31)26-12-10-18(11-13-26)23(28)27-15(2)14-19-8-6-7-9-20(19)27/h6-9,15,18,25H,5,10-14H2,1-4H3/t15-/m0/s1. The zero-order valence-corrected chi connectivity index (χ0v) is 20.4. The minimum Gasteiger partial charge on any atom is -0.462 e. The molecule has 2 aromatic rings. The van der Waals surface area contributed by atoms with Crippen molar-refractivity contribution in [1.82, 2.24) is 9.29 Å². The minimum atomic E-state index is -3.92. The summed E-state index contributed by atoms with van der Waals surface area (Å²) in [5.41, 5.74) is 3.08. The quantitative estimate of drug-likeness (QED) is 0.673. The fourth-order valence-corrected chi connectivity index (χ4v) is 6.98. The number of carbonyl (C=O) groups is 2. The van der Waals surface area contributed by atoms with Crippen LogP contribution in [0.4, 0.5) is 5.69 Å². The Hall–Kier alpha value is -2.65. The van der Waals surface area contributed by atoms with Crippen LogP contribution in [0.5, 0.6) is 0 Å². The Kier molecular flexibility index (Phi) is 6.37. The van der Waals surface area contributed by atoms with E-state index in [1.807, 2.05) is 30.0 Å². The van der Waals surface area contributed by atoms with Crippen molar-refractivity contribution in [2.45, 2.75) is 57.9 Å². The summed E-state index contributed by atoms with van der Waals surface area (Å²) < 4.78 is 33.5. The molecule has 33 heavy (non-hydrogen) atoms. The lowest BCUT2D eigenvalue weighted by atomic mass is 9.96. The van der Waals surface area contributed by atoms with E-state index in [1.54, 1.807) is 20.8 Å². The molecule has 8 nitrogen and oxygen atoms in total. The largest absolute Gasteiger partial charge is 0.462 e. The van der Waals surface area contributed by atoms with Crippen LogP contribution < -0.4 is 4.90 Å². The molecule has 1 atom stereocenters. The lowest BCUT2D eigenvalue weighted by molar-refractivity contribution is -0.123. The first-order valence-electron chi connectivity index (χ1n) is 11.4. The lowest BCUT2D eigenvalue weighted by Crippen LogP contribution is -2.46. The highest BCUT2D eigenvalue weighted by atomic mass is 32.2. The number of piperidine rings is 1. The van der Waals surface area contributed by atoms with Gasteiger partial charge in [-0.25, -0.2) is 13.2 Å². The second kappa shape index (κ2) is 8.95. The average Bonchev–Trinajstić information content (AvgIpc) is 3.28. The molecule has 4 rings (SSSR count). The molecule has 3 heterocycles. The maximum atomic E-state index is 13.5. The zero-order chi connectivity index (χ0) is 23.9. The first-order valence-corrected chi connectivity index (χ1v) is 12.9. The Balaban J connectivity index is 1.52. The van der Waals surface area contributed by atoms with Crippen LogP contribution in [0, 0.1) is 19.8 Å². The van der Waals surface area contributed by atoms with Crippen LogP contribution in [0.3, 0.4) is 0 Å². The topological polar surface area (TPSA) is 99.8 Å². The monoisotopic (exact) mass is 473 g/mol. The molecule has 9 heteroatoms. The number of H-pyrrole nitrogens is 1. The summed E-state index contributed by atoms with van der Waals surface area (Å²) in [5, 5.41) is 0. The third-order valence-corrected chi connectivity index (χ3v) is 8.71. The molecule has 0 spiro atoms. The van der Waals surface area contributed by atoms with Crippen molar-refractivity contribution < 1.29 is 22.7 Å². The first kappa shape index (κ1) is 23.5. The summed E-state index contributed by atoms with van der Waals surface area (Å²) >= 11 is 0. The van der Waals surface area contributed by atoms with Gasteiger partial charge in [0.15, 0.2) is 0 Å². The van der Waals surface area contributed by atoms with Gasteiger partial charge in [0.05, 0.1) is 6.61 Å². The SMILES string of the molecule is CCOC(=O)c1c(C)[nH]c(C)c1S(=O)(=O)N1CCC(C(=O)N2c3ccccc3C[C@@H]2C)CC1. The van der Waals surface area contributed by atoms with E-state index in [1.165, 1.54) is 9.87 Å². The van der Waals surface area contributed by atoms with Crippen LogP contribution in [0.1, 0.15) is 54.0 Å². The number of aromatic nitrogens is 1. The van der Waals surface area contributed by atoms with E-state index in [0.717, 1.165) is 12.1 Å². The molecular weight excluding hydrogens is 442 g/mol. The highest BCUT2D eigenvalue weighted by molar-refractivity contribution is 7.89. The summed E-state index contributed by atoms with van der Waals surface area (Å²) in [4.78, 5) is 30.7. The molecule has 178 valence electrons. The Morgan fingerprint density at radius 1 is 1.12 bits per heavy atom. The summed E-state index contributed by atoms with van der Waals surface area (Å²) in [6.07, 6.45) is 1.72. The fraction of sp³-hybridized carbons (Fsp3) is 0.500. The smallest absolute Gasteiger partial charge is 0.341 e. The summed E-state index contributed by atoms with van der Waals surface area (Å²) in [6, 6.07) is 8.04. The van der Waals surface area contributed by atoms with Gasteiger partial charge < -0.3 is 14.6 Å². The molecule has 0 saturated carbocycles. The predicted octanol–water partition coefficient (Wildman–Crippen LogP) is 3.19. The van der Waals surface area contributed by atoms with Crippen LogP contribution in [0.15, 0.2) is 29.2 Å². The van der Waals surface area contributed by atoms with Gasteiger partial charge in [-0.1, -0.05) is 18.2 Å². The van der Waals surface area contributed by atoms with E-state index >= 15 is 0 Å². The number of aromatic amines is 1. The highest BCUT2D eigenvalue weighted by Gasteiger charge is 2.40. The third-order valence-electron chi connectivity index (χ3n) is 6.64. The molecule has 2 aliphatic heterocycles. The number of amides is 1. The summed E-state index contributed by atoms with van der Waals surface area (Å²) in [5.74, 6) is -0.821. The van der Waals surface area contributed by atoms with Crippen molar-refractivity contribution in [3.05, 3.63) is 46.8 Å². The Morgan fingerprint density at radius 3 is 2.45 bits per heavy atom. The van der Waals surface area contributed by atoms with E-state index in [-0.39, 0.29) is 48.0 Å². The fourth-order valence-electron chi connectivity index (χ4n) is 5.10. The van der Waals surface area contributed by atoms with Gasteiger partial charge in [0.1, 0.15) is 10.5 Å². The van der Waals surface area contributed by atoms with Gasteiger partial charge in [-0.05, 0) is 58.6 Å². The van der Waals surface area contributed by atoms with Crippen LogP contribution >= 0.6 is 0 Å².